The summed E-state index contributed by atoms with van der Waals surface area (Å²) in [7, 11) is -3.27. The van der Waals surface area contributed by atoms with Crippen molar-refractivity contribution in [3.63, 3.8) is 0 Å². The zero-order valence-electron chi connectivity index (χ0n) is 10.3. The average molecular weight is 272 g/mol. The second-order valence-corrected chi connectivity index (χ2v) is 6.91. The number of fused-ring (bicyclic) bond motifs is 1. The van der Waals surface area contributed by atoms with Crippen molar-refractivity contribution in [1.82, 2.24) is 4.57 Å². The van der Waals surface area contributed by atoms with Crippen LogP contribution in [0, 0.1) is 10.1 Å². The molecule has 1 aliphatic rings. The summed E-state index contributed by atoms with van der Waals surface area (Å²) in [5.74, 6) is -0.244. The molecule has 6 nitrogen and oxygen atoms in total. The van der Waals surface area contributed by atoms with Crippen molar-refractivity contribution >= 4 is 15.5 Å². The molecule has 0 N–H and O–H groups in total. The van der Waals surface area contributed by atoms with Crippen LogP contribution in [0.4, 0.5) is 5.69 Å². The van der Waals surface area contributed by atoms with E-state index in [9.17, 15) is 18.5 Å². The van der Waals surface area contributed by atoms with Crippen LogP contribution in [-0.2, 0) is 28.6 Å². The lowest BCUT2D eigenvalue weighted by molar-refractivity contribution is -0.385. The molecule has 0 spiro atoms. The van der Waals surface area contributed by atoms with Crippen molar-refractivity contribution in [3.8, 4) is 0 Å². The lowest BCUT2D eigenvalue weighted by Crippen LogP contribution is -2.06. The summed E-state index contributed by atoms with van der Waals surface area (Å²) >= 11 is 0. The van der Waals surface area contributed by atoms with Gasteiger partial charge in [-0.15, -0.1) is 0 Å². The minimum absolute atomic E-state index is 0.0580. The SMILES string of the molecule is CS(=O)(=O)Cc1c([N+](=O)[O-])cn2c1CCCCC2. The van der Waals surface area contributed by atoms with Gasteiger partial charge in [-0.3, -0.25) is 10.1 Å². The van der Waals surface area contributed by atoms with Crippen molar-refractivity contribution in [3.05, 3.63) is 27.6 Å². The third kappa shape index (κ3) is 2.72. The zero-order valence-corrected chi connectivity index (χ0v) is 11.1. The second kappa shape index (κ2) is 4.72. The third-order valence-electron chi connectivity index (χ3n) is 3.20. The Kier molecular flexibility index (Phi) is 3.43. The van der Waals surface area contributed by atoms with Crippen molar-refractivity contribution in [2.75, 3.05) is 6.26 Å². The van der Waals surface area contributed by atoms with Crippen LogP contribution in [0.25, 0.3) is 0 Å². The van der Waals surface area contributed by atoms with Crippen LogP contribution in [0.5, 0.6) is 0 Å². The Morgan fingerprint density at radius 1 is 1.39 bits per heavy atom. The summed E-state index contributed by atoms with van der Waals surface area (Å²) < 4.78 is 24.7. The minimum atomic E-state index is -3.27. The molecule has 1 aliphatic heterocycles. The lowest BCUT2D eigenvalue weighted by Gasteiger charge is -2.05. The highest BCUT2D eigenvalue weighted by Crippen LogP contribution is 2.30. The predicted molar refractivity (Wildman–Crippen MR) is 67.2 cm³/mol. The van der Waals surface area contributed by atoms with Gasteiger partial charge in [-0.05, 0) is 19.3 Å². The molecule has 0 saturated carbocycles. The zero-order chi connectivity index (χ0) is 13.3. The number of rotatable bonds is 3. The van der Waals surface area contributed by atoms with Crippen LogP contribution in [0.2, 0.25) is 0 Å². The Bertz CT molecular complexity index is 574. The van der Waals surface area contributed by atoms with Crippen LogP contribution in [0.15, 0.2) is 6.20 Å². The summed E-state index contributed by atoms with van der Waals surface area (Å²) in [6.07, 6.45) is 6.33. The molecule has 0 unspecified atom stereocenters. The van der Waals surface area contributed by atoms with Crippen molar-refractivity contribution < 1.29 is 13.3 Å². The molecule has 0 saturated heterocycles. The van der Waals surface area contributed by atoms with Gasteiger partial charge in [-0.1, -0.05) is 6.42 Å². The molecule has 0 bridgehead atoms. The molecule has 0 atom stereocenters. The Hall–Kier alpha value is -1.37. The van der Waals surface area contributed by atoms with E-state index in [1.54, 1.807) is 0 Å². The molecule has 2 heterocycles. The predicted octanol–water partition coefficient (Wildman–Crippen LogP) is 1.67. The Labute approximate surface area is 106 Å². The normalized spacial score (nSPS) is 16.1. The highest BCUT2D eigenvalue weighted by atomic mass is 32.2. The highest BCUT2D eigenvalue weighted by molar-refractivity contribution is 7.89. The molecule has 1 aromatic heterocycles. The van der Waals surface area contributed by atoms with E-state index in [0.717, 1.165) is 44.2 Å². The van der Waals surface area contributed by atoms with E-state index in [1.807, 2.05) is 4.57 Å². The minimum Gasteiger partial charge on any atom is -0.345 e. The Morgan fingerprint density at radius 2 is 2.11 bits per heavy atom. The quantitative estimate of drug-likeness (QED) is 0.619. The molecule has 2 rings (SSSR count). The molecule has 18 heavy (non-hydrogen) atoms. The van der Waals surface area contributed by atoms with Crippen LogP contribution in [0.1, 0.15) is 30.5 Å². The standard InChI is InChI=1S/C11H16N2O4S/c1-18(16,17)8-9-10-5-3-2-4-6-12(10)7-11(9)13(14)15/h7H,2-6,8H2,1H3. The average Bonchev–Trinajstić information content (AvgIpc) is 2.45. The molecule has 100 valence electrons. The smallest absolute Gasteiger partial charge is 0.291 e. The maximum absolute atomic E-state index is 11.4. The summed E-state index contributed by atoms with van der Waals surface area (Å²) in [5, 5.41) is 11.0. The number of nitro groups is 1. The van der Waals surface area contributed by atoms with E-state index in [-0.39, 0.29) is 11.4 Å². The van der Waals surface area contributed by atoms with Crippen molar-refractivity contribution in [2.45, 2.75) is 38.0 Å². The first-order chi connectivity index (χ1) is 8.38. The first kappa shape index (κ1) is 13.1. The maximum Gasteiger partial charge on any atom is 0.291 e. The van der Waals surface area contributed by atoms with Crippen molar-refractivity contribution in [2.24, 2.45) is 0 Å². The lowest BCUT2D eigenvalue weighted by atomic mass is 10.1. The van der Waals surface area contributed by atoms with Gasteiger partial charge in [0, 0.05) is 18.5 Å². The molecule has 0 radical (unpaired) electrons. The van der Waals surface area contributed by atoms with Gasteiger partial charge in [0.25, 0.3) is 5.69 Å². The van der Waals surface area contributed by atoms with E-state index >= 15 is 0 Å². The van der Waals surface area contributed by atoms with Crippen LogP contribution >= 0.6 is 0 Å². The number of hydrogen-bond donors (Lipinski definition) is 0. The van der Waals surface area contributed by atoms with Gasteiger partial charge in [0.2, 0.25) is 0 Å². The maximum atomic E-state index is 11.4. The van der Waals surface area contributed by atoms with Gasteiger partial charge >= 0.3 is 0 Å². The molecule has 0 aliphatic carbocycles. The number of aryl methyl sites for hydroxylation is 1. The van der Waals surface area contributed by atoms with E-state index in [1.165, 1.54) is 6.20 Å². The number of aromatic nitrogens is 1. The molecule has 0 fully saturated rings. The number of sulfone groups is 1. The summed E-state index contributed by atoms with van der Waals surface area (Å²) in [5.41, 5.74) is 1.14. The summed E-state index contributed by atoms with van der Waals surface area (Å²) in [4.78, 5) is 10.5. The fourth-order valence-corrected chi connectivity index (χ4v) is 3.29. The molecular weight excluding hydrogens is 256 g/mol. The fraction of sp³-hybridized carbons (Fsp3) is 0.636. The molecule has 0 aromatic carbocycles. The number of nitrogens with zero attached hydrogens (tertiary/aromatic N) is 2. The Balaban J connectivity index is 2.52. The highest BCUT2D eigenvalue weighted by Gasteiger charge is 2.26. The van der Waals surface area contributed by atoms with Crippen LogP contribution < -0.4 is 0 Å². The Morgan fingerprint density at radius 3 is 2.72 bits per heavy atom. The molecular formula is C11H16N2O4S. The monoisotopic (exact) mass is 272 g/mol. The summed E-state index contributed by atoms with van der Waals surface area (Å²) in [6.45, 7) is 0.736. The topological polar surface area (TPSA) is 82.2 Å². The first-order valence-electron chi connectivity index (χ1n) is 5.91. The van der Waals surface area contributed by atoms with Gasteiger partial charge in [0.05, 0.1) is 22.4 Å². The van der Waals surface area contributed by atoms with Crippen molar-refractivity contribution in [1.29, 1.82) is 0 Å². The van der Waals surface area contributed by atoms with Gasteiger partial charge in [0.15, 0.2) is 9.84 Å². The van der Waals surface area contributed by atoms with Crippen LogP contribution in [-0.4, -0.2) is 24.2 Å². The molecule has 7 heteroatoms. The van der Waals surface area contributed by atoms with E-state index in [0.29, 0.717) is 5.56 Å². The third-order valence-corrected chi connectivity index (χ3v) is 4.01. The van der Waals surface area contributed by atoms with E-state index in [4.69, 9.17) is 0 Å². The first-order valence-corrected chi connectivity index (χ1v) is 7.97. The fourth-order valence-electron chi connectivity index (χ4n) is 2.45. The van der Waals surface area contributed by atoms with Gasteiger partial charge in [-0.2, -0.15) is 0 Å². The number of hydrogen-bond acceptors (Lipinski definition) is 4. The largest absolute Gasteiger partial charge is 0.345 e. The van der Waals surface area contributed by atoms with Crippen LogP contribution in [0.3, 0.4) is 0 Å². The van der Waals surface area contributed by atoms with Gasteiger partial charge in [0.1, 0.15) is 0 Å². The van der Waals surface area contributed by atoms with Gasteiger partial charge < -0.3 is 4.57 Å². The summed E-state index contributed by atoms with van der Waals surface area (Å²) in [6, 6.07) is 0. The van der Waals surface area contributed by atoms with E-state index < -0.39 is 14.8 Å². The molecule has 1 aromatic rings. The van der Waals surface area contributed by atoms with E-state index in [2.05, 4.69) is 0 Å². The second-order valence-electron chi connectivity index (χ2n) is 4.77. The van der Waals surface area contributed by atoms with Gasteiger partial charge in [-0.25, -0.2) is 8.42 Å². The molecule has 0 amide bonds.